The average molecular weight is 502 g/mol. The highest BCUT2D eigenvalue weighted by atomic mass is 16.5. The lowest BCUT2D eigenvalue weighted by molar-refractivity contribution is -0.136. The molecule has 36 heavy (non-hydrogen) atoms. The zero-order valence-corrected chi connectivity index (χ0v) is 21.2. The van der Waals surface area contributed by atoms with Crippen molar-refractivity contribution in [3.63, 3.8) is 0 Å². The van der Waals surface area contributed by atoms with E-state index in [1.807, 2.05) is 28.0 Å². The highest BCUT2D eigenvalue weighted by Crippen LogP contribution is 2.37. The van der Waals surface area contributed by atoms with E-state index in [1.54, 1.807) is 13.0 Å². The fourth-order valence-electron chi connectivity index (χ4n) is 5.75. The van der Waals surface area contributed by atoms with Crippen molar-refractivity contribution < 1.29 is 29.3 Å². The molecule has 3 N–H and O–H groups in total. The molecule has 2 saturated heterocycles. The number of hydrogen-bond donors (Lipinski definition) is 3. The van der Waals surface area contributed by atoms with Crippen LogP contribution in [0, 0.1) is 11.3 Å². The van der Waals surface area contributed by atoms with Gasteiger partial charge in [-0.15, -0.1) is 0 Å². The van der Waals surface area contributed by atoms with Crippen molar-refractivity contribution in [2.45, 2.75) is 64.1 Å². The van der Waals surface area contributed by atoms with Gasteiger partial charge in [0.25, 0.3) is 5.91 Å². The van der Waals surface area contributed by atoms with E-state index in [1.165, 1.54) is 0 Å². The van der Waals surface area contributed by atoms with E-state index in [9.17, 15) is 24.6 Å². The van der Waals surface area contributed by atoms with Gasteiger partial charge in [-0.05, 0) is 55.1 Å². The lowest BCUT2D eigenvalue weighted by Gasteiger charge is -2.44. The summed E-state index contributed by atoms with van der Waals surface area (Å²) < 4.78 is 5.69. The first kappa shape index (κ1) is 26.4. The summed E-state index contributed by atoms with van der Waals surface area (Å²) in [6.45, 7) is 4.38. The predicted octanol–water partition coefficient (Wildman–Crippen LogP) is 1.11. The zero-order valence-electron chi connectivity index (χ0n) is 21.2. The molecule has 0 bridgehead atoms. The van der Waals surface area contributed by atoms with Gasteiger partial charge in [0.1, 0.15) is 5.75 Å². The van der Waals surface area contributed by atoms with Gasteiger partial charge in [0.05, 0.1) is 12.2 Å². The smallest absolute Gasteiger partial charge is 0.257 e. The second kappa shape index (κ2) is 11.6. The Bertz CT molecular complexity index is 937. The topological polar surface area (TPSA) is 119 Å². The van der Waals surface area contributed by atoms with E-state index >= 15 is 0 Å². The fourth-order valence-corrected chi connectivity index (χ4v) is 5.75. The first-order chi connectivity index (χ1) is 17.2. The molecule has 0 unspecified atom stereocenters. The fraction of sp³-hybridized carbons (Fsp3) is 0.667. The quantitative estimate of drug-likeness (QED) is 0.559. The molecule has 9 nitrogen and oxygen atoms in total. The van der Waals surface area contributed by atoms with Crippen LogP contribution in [0.2, 0.25) is 0 Å². The third-order valence-electron chi connectivity index (χ3n) is 8.21. The van der Waals surface area contributed by atoms with Crippen molar-refractivity contribution in [1.82, 2.24) is 15.1 Å². The van der Waals surface area contributed by atoms with E-state index < -0.39 is 17.6 Å². The van der Waals surface area contributed by atoms with Crippen LogP contribution in [0.1, 0.15) is 51.0 Å². The Balaban J connectivity index is 1.36. The van der Waals surface area contributed by atoms with Crippen LogP contribution >= 0.6 is 0 Å². The number of ether oxygens (including phenoxy) is 1. The van der Waals surface area contributed by atoms with Crippen molar-refractivity contribution in [2.24, 2.45) is 11.3 Å². The molecule has 2 fully saturated rings. The Labute approximate surface area is 212 Å². The van der Waals surface area contributed by atoms with Gasteiger partial charge in [0.15, 0.2) is 6.61 Å². The van der Waals surface area contributed by atoms with Gasteiger partial charge in [-0.1, -0.05) is 18.2 Å². The second-order valence-corrected chi connectivity index (χ2v) is 10.8. The number of fused-ring (bicyclic) bond motifs is 1. The number of nitrogens with one attached hydrogen (secondary N) is 1. The summed E-state index contributed by atoms with van der Waals surface area (Å²) in [6, 6.07) is 7.24. The largest absolute Gasteiger partial charge is 0.483 e. The summed E-state index contributed by atoms with van der Waals surface area (Å²) >= 11 is 0. The second-order valence-electron chi connectivity index (χ2n) is 10.8. The van der Waals surface area contributed by atoms with Crippen LogP contribution in [0.4, 0.5) is 0 Å². The Kier molecular flexibility index (Phi) is 8.51. The molecule has 4 rings (SSSR count). The van der Waals surface area contributed by atoms with Crippen LogP contribution < -0.4 is 10.1 Å². The number of likely N-dealkylation sites (tertiary alicyclic amines) is 2. The van der Waals surface area contributed by atoms with Gasteiger partial charge >= 0.3 is 0 Å². The molecular weight excluding hydrogens is 462 g/mol. The number of nitrogens with zero attached hydrogens (tertiary/aromatic N) is 2. The number of para-hydroxylation sites is 1. The van der Waals surface area contributed by atoms with E-state index in [0.29, 0.717) is 70.1 Å². The summed E-state index contributed by atoms with van der Waals surface area (Å²) in [5.74, 6) is 0.829. The molecule has 3 aliphatic heterocycles. The molecule has 2 atom stereocenters. The Morgan fingerprint density at radius 3 is 2.44 bits per heavy atom. The maximum absolute atomic E-state index is 13.0. The minimum absolute atomic E-state index is 0.0910. The van der Waals surface area contributed by atoms with Crippen molar-refractivity contribution >= 4 is 17.7 Å². The molecule has 0 radical (unpaired) electrons. The molecule has 0 aromatic heterocycles. The number of amides is 3. The molecule has 9 heteroatoms. The van der Waals surface area contributed by atoms with Gasteiger partial charge in [-0.25, -0.2) is 0 Å². The van der Waals surface area contributed by atoms with Gasteiger partial charge in [-0.2, -0.15) is 0 Å². The predicted molar refractivity (Wildman–Crippen MR) is 133 cm³/mol. The summed E-state index contributed by atoms with van der Waals surface area (Å²) in [5, 5.41) is 24.6. The third-order valence-corrected chi connectivity index (χ3v) is 8.21. The molecule has 1 aromatic rings. The summed E-state index contributed by atoms with van der Waals surface area (Å²) in [7, 11) is 0. The minimum Gasteiger partial charge on any atom is -0.483 e. The van der Waals surface area contributed by atoms with Crippen molar-refractivity contribution in [2.75, 3.05) is 39.3 Å². The normalized spacial score (nSPS) is 25.7. The van der Waals surface area contributed by atoms with Crippen LogP contribution in [0.25, 0.3) is 0 Å². The zero-order chi connectivity index (χ0) is 25.7. The number of carbonyl (C=O) groups excluding carboxylic acids is 3. The van der Waals surface area contributed by atoms with Crippen LogP contribution in [0.15, 0.2) is 24.3 Å². The lowest BCUT2D eigenvalue weighted by Crippen LogP contribution is -2.51. The number of carbonyl (C=O) groups is 3. The molecule has 198 valence electrons. The Hall–Kier alpha value is -2.65. The SMILES string of the molecule is CC(=O)N1CCC(CC(=O)N2CCC3(CC2)CNC(=O)COc2ccccc2C[C@H](O)[C@H](O)C3)CC1. The molecule has 3 heterocycles. The van der Waals surface area contributed by atoms with Crippen LogP contribution in [0.5, 0.6) is 5.75 Å². The molecule has 0 aliphatic carbocycles. The first-order valence-electron chi connectivity index (χ1n) is 13.1. The lowest BCUT2D eigenvalue weighted by atomic mass is 9.72. The summed E-state index contributed by atoms with van der Waals surface area (Å²) in [6.07, 6.45) is 2.16. The van der Waals surface area contributed by atoms with Crippen molar-refractivity contribution in [3.05, 3.63) is 29.8 Å². The molecule has 0 saturated carbocycles. The average Bonchev–Trinajstić information content (AvgIpc) is 2.87. The molecule has 1 spiro atoms. The van der Waals surface area contributed by atoms with Gasteiger partial charge < -0.3 is 30.1 Å². The maximum Gasteiger partial charge on any atom is 0.257 e. The van der Waals surface area contributed by atoms with Crippen LogP contribution in [-0.4, -0.2) is 89.3 Å². The van der Waals surface area contributed by atoms with E-state index in [0.717, 1.165) is 18.4 Å². The van der Waals surface area contributed by atoms with Crippen LogP contribution in [-0.2, 0) is 20.8 Å². The third kappa shape index (κ3) is 6.56. The number of aliphatic hydroxyl groups is 2. The van der Waals surface area contributed by atoms with Crippen molar-refractivity contribution in [1.29, 1.82) is 0 Å². The molecule has 3 aliphatic rings. The van der Waals surface area contributed by atoms with Gasteiger partial charge in [0.2, 0.25) is 11.8 Å². The number of hydrogen-bond acceptors (Lipinski definition) is 6. The van der Waals surface area contributed by atoms with E-state index in [-0.39, 0.29) is 30.7 Å². The Morgan fingerprint density at radius 1 is 1.06 bits per heavy atom. The van der Waals surface area contributed by atoms with Crippen molar-refractivity contribution in [3.8, 4) is 5.75 Å². The first-order valence-corrected chi connectivity index (χ1v) is 13.1. The number of aliphatic hydroxyl groups excluding tert-OH is 2. The standard InChI is InChI=1S/C27H39N3O6/c1-19(31)29-10-6-20(7-11-29)14-26(35)30-12-8-27(9-13-30)16-23(33)22(32)15-21-4-2-3-5-24(21)36-17-25(34)28-18-27/h2-5,20,22-23,32-33H,6-18H2,1H3,(H,28,34)/t22-,23+/m0/s1. The molecule has 1 aromatic carbocycles. The number of benzene rings is 1. The molecular formula is C27H39N3O6. The van der Waals surface area contributed by atoms with Gasteiger partial charge in [-0.3, -0.25) is 14.4 Å². The Morgan fingerprint density at radius 2 is 1.75 bits per heavy atom. The summed E-state index contributed by atoms with van der Waals surface area (Å²) in [5.41, 5.74) is 0.347. The number of rotatable bonds is 2. The van der Waals surface area contributed by atoms with Crippen LogP contribution in [0.3, 0.4) is 0 Å². The minimum atomic E-state index is -0.956. The molecule has 3 amide bonds. The highest BCUT2D eigenvalue weighted by Gasteiger charge is 2.40. The number of piperidine rings is 2. The van der Waals surface area contributed by atoms with E-state index in [2.05, 4.69) is 5.32 Å². The monoisotopic (exact) mass is 501 g/mol. The highest BCUT2D eigenvalue weighted by molar-refractivity contribution is 5.78. The van der Waals surface area contributed by atoms with E-state index in [4.69, 9.17) is 4.74 Å². The maximum atomic E-state index is 13.0. The summed E-state index contributed by atoms with van der Waals surface area (Å²) in [4.78, 5) is 40.8. The van der Waals surface area contributed by atoms with Gasteiger partial charge in [0, 0.05) is 52.5 Å².